The third-order valence-electron chi connectivity index (χ3n) is 3.99. The van der Waals surface area contributed by atoms with Gasteiger partial charge in [-0.25, -0.2) is 0 Å². The molecule has 0 radical (unpaired) electrons. The van der Waals surface area contributed by atoms with Gasteiger partial charge in [0, 0.05) is 13.8 Å². The molecule has 0 saturated carbocycles. The summed E-state index contributed by atoms with van der Waals surface area (Å²) < 4.78 is 9.77. The van der Waals surface area contributed by atoms with Crippen LogP contribution in [-0.4, -0.2) is 25.2 Å². The van der Waals surface area contributed by atoms with Crippen LogP contribution in [0, 0.1) is 0 Å². The third kappa shape index (κ3) is 22.4. The quantitative estimate of drug-likeness (QED) is 0.182. The monoisotopic (exact) mass is 366 g/mol. The second-order valence-electron chi connectivity index (χ2n) is 6.61. The largest absolute Gasteiger partial charge is 0.466 e. The summed E-state index contributed by atoms with van der Waals surface area (Å²) in [5.74, 6) is -0.385. The van der Waals surface area contributed by atoms with Crippen LogP contribution < -0.4 is 0 Å². The molecule has 0 aromatic rings. The predicted molar refractivity (Wildman–Crippen MR) is 107 cm³/mol. The van der Waals surface area contributed by atoms with Crippen LogP contribution in [0.15, 0.2) is 24.3 Å². The minimum absolute atomic E-state index is 0.180. The van der Waals surface area contributed by atoms with Crippen molar-refractivity contribution in [3.63, 3.8) is 0 Å². The van der Waals surface area contributed by atoms with E-state index in [9.17, 15) is 9.59 Å². The summed E-state index contributed by atoms with van der Waals surface area (Å²) in [7, 11) is 0. The van der Waals surface area contributed by atoms with Crippen molar-refractivity contribution in [2.45, 2.75) is 90.9 Å². The molecule has 0 N–H and O–H groups in total. The molecular weight excluding hydrogens is 328 g/mol. The van der Waals surface area contributed by atoms with Gasteiger partial charge >= 0.3 is 11.9 Å². The van der Waals surface area contributed by atoms with E-state index in [-0.39, 0.29) is 11.9 Å². The average molecular weight is 367 g/mol. The predicted octanol–water partition coefficient (Wildman–Crippen LogP) is 5.91. The molecule has 0 aliphatic heterocycles. The van der Waals surface area contributed by atoms with Gasteiger partial charge in [0.2, 0.25) is 0 Å². The first-order valence-corrected chi connectivity index (χ1v) is 10.2. The summed E-state index contributed by atoms with van der Waals surface area (Å²) in [5.41, 5.74) is 0. The summed E-state index contributed by atoms with van der Waals surface area (Å²) in [6, 6.07) is 0. The zero-order chi connectivity index (χ0) is 19.3. The molecule has 0 saturated heterocycles. The van der Waals surface area contributed by atoms with Crippen molar-refractivity contribution in [2.24, 2.45) is 0 Å². The van der Waals surface area contributed by atoms with E-state index in [2.05, 4.69) is 24.3 Å². The van der Waals surface area contributed by atoms with E-state index < -0.39 is 0 Å². The maximum Gasteiger partial charge on any atom is 0.302 e. The molecule has 4 heteroatoms. The first kappa shape index (κ1) is 24.4. The van der Waals surface area contributed by atoms with E-state index in [1.807, 2.05) is 0 Å². The molecule has 0 aromatic heterocycles. The number of ether oxygens (including phenoxy) is 2. The van der Waals surface area contributed by atoms with Crippen LogP contribution in [0.2, 0.25) is 0 Å². The fourth-order valence-corrected chi connectivity index (χ4v) is 2.55. The van der Waals surface area contributed by atoms with Crippen molar-refractivity contribution in [3.05, 3.63) is 24.3 Å². The van der Waals surface area contributed by atoms with Gasteiger partial charge in [0.05, 0.1) is 13.2 Å². The summed E-state index contributed by atoms with van der Waals surface area (Å²) in [6.45, 7) is 3.95. The number of esters is 2. The van der Waals surface area contributed by atoms with Crippen molar-refractivity contribution in [1.29, 1.82) is 0 Å². The number of unbranched alkanes of at least 4 members (excludes halogenated alkanes) is 9. The molecule has 0 amide bonds. The lowest BCUT2D eigenvalue weighted by Crippen LogP contribution is -1.99. The van der Waals surface area contributed by atoms with Crippen LogP contribution in [0.3, 0.4) is 0 Å². The maximum absolute atomic E-state index is 10.6. The highest BCUT2D eigenvalue weighted by atomic mass is 16.5. The molecule has 150 valence electrons. The smallest absolute Gasteiger partial charge is 0.302 e. The summed E-state index contributed by atoms with van der Waals surface area (Å²) in [4.78, 5) is 21.2. The lowest BCUT2D eigenvalue weighted by molar-refractivity contribution is -0.141. The molecule has 26 heavy (non-hydrogen) atoms. The van der Waals surface area contributed by atoms with E-state index in [4.69, 9.17) is 9.47 Å². The molecular formula is C22H38O4. The standard InChI is InChI=1S/C22H38O4/c1-21(23)25-19-17-15-13-11-9-7-5-3-4-6-8-10-12-14-16-18-20-26-22(2)24/h5,7,14,16H,3-4,6,8-13,15,17-20H2,1-2H3/b7-5+,16-14+. The fraction of sp³-hybridized carbons (Fsp3) is 0.727. The van der Waals surface area contributed by atoms with Gasteiger partial charge in [0.25, 0.3) is 0 Å². The number of carbonyl (C=O) groups is 2. The number of hydrogen-bond acceptors (Lipinski definition) is 4. The first-order chi connectivity index (χ1) is 12.6. The Morgan fingerprint density at radius 2 is 0.923 bits per heavy atom. The molecule has 0 aromatic carbocycles. The fourth-order valence-electron chi connectivity index (χ4n) is 2.55. The molecule has 4 nitrogen and oxygen atoms in total. The SMILES string of the molecule is CC(=O)OCC/C=C/CCCCCC/C=C/CCCCCCOC(C)=O. The minimum Gasteiger partial charge on any atom is -0.466 e. The number of allylic oxidation sites excluding steroid dienone is 3. The van der Waals surface area contributed by atoms with Crippen molar-refractivity contribution >= 4 is 11.9 Å². The van der Waals surface area contributed by atoms with E-state index in [0.29, 0.717) is 13.2 Å². The van der Waals surface area contributed by atoms with Gasteiger partial charge in [-0.15, -0.1) is 0 Å². The summed E-state index contributed by atoms with van der Waals surface area (Å²) >= 11 is 0. The highest BCUT2D eigenvalue weighted by Gasteiger charge is 1.93. The van der Waals surface area contributed by atoms with E-state index in [1.54, 1.807) is 0 Å². The van der Waals surface area contributed by atoms with Gasteiger partial charge in [-0.3, -0.25) is 9.59 Å². The Hall–Kier alpha value is -1.58. The molecule has 0 spiro atoms. The van der Waals surface area contributed by atoms with Crippen molar-refractivity contribution < 1.29 is 19.1 Å². The number of hydrogen-bond donors (Lipinski definition) is 0. The topological polar surface area (TPSA) is 52.6 Å². The van der Waals surface area contributed by atoms with E-state index in [0.717, 1.165) is 32.1 Å². The summed E-state index contributed by atoms with van der Waals surface area (Å²) in [6.07, 6.45) is 22.8. The Balaban J connectivity index is 3.18. The molecule has 0 rings (SSSR count). The zero-order valence-electron chi connectivity index (χ0n) is 16.8. The Labute approximate surface area is 160 Å². The molecule has 0 heterocycles. The van der Waals surface area contributed by atoms with Gasteiger partial charge in [-0.2, -0.15) is 0 Å². The highest BCUT2D eigenvalue weighted by molar-refractivity contribution is 5.66. The molecule has 0 unspecified atom stereocenters. The normalized spacial score (nSPS) is 11.3. The Kier molecular flexibility index (Phi) is 18.5. The van der Waals surface area contributed by atoms with Crippen LogP contribution in [0.5, 0.6) is 0 Å². The maximum atomic E-state index is 10.6. The Bertz CT molecular complexity index is 399. The van der Waals surface area contributed by atoms with Crippen LogP contribution in [0.25, 0.3) is 0 Å². The lowest BCUT2D eigenvalue weighted by atomic mass is 10.1. The zero-order valence-corrected chi connectivity index (χ0v) is 16.8. The highest BCUT2D eigenvalue weighted by Crippen LogP contribution is 2.08. The van der Waals surface area contributed by atoms with E-state index in [1.165, 1.54) is 58.8 Å². The molecule has 0 aliphatic carbocycles. The Morgan fingerprint density at radius 1 is 0.538 bits per heavy atom. The van der Waals surface area contributed by atoms with Gasteiger partial charge in [-0.1, -0.05) is 50.0 Å². The number of carbonyl (C=O) groups excluding carboxylic acids is 2. The van der Waals surface area contributed by atoms with Gasteiger partial charge < -0.3 is 9.47 Å². The van der Waals surface area contributed by atoms with Crippen molar-refractivity contribution in [2.75, 3.05) is 13.2 Å². The molecule has 0 bridgehead atoms. The Morgan fingerprint density at radius 3 is 1.38 bits per heavy atom. The second kappa shape index (κ2) is 19.7. The van der Waals surface area contributed by atoms with Gasteiger partial charge in [-0.05, 0) is 51.4 Å². The molecule has 0 atom stereocenters. The van der Waals surface area contributed by atoms with Crippen LogP contribution in [-0.2, 0) is 19.1 Å². The van der Waals surface area contributed by atoms with Crippen LogP contribution >= 0.6 is 0 Å². The third-order valence-corrected chi connectivity index (χ3v) is 3.99. The lowest BCUT2D eigenvalue weighted by Gasteiger charge is -2.01. The van der Waals surface area contributed by atoms with Crippen LogP contribution in [0.1, 0.15) is 90.9 Å². The summed E-state index contributed by atoms with van der Waals surface area (Å²) in [5, 5.41) is 0. The average Bonchev–Trinajstić information content (AvgIpc) is 2.59. The molecule has 0 aliphatic rings. The molecule has 0 fully saturated rings. The van der Waals surface area contributed by atoms with Crippen molar-refractivity contribution in [1.82, 2.24) is 0 Å². The minimum atomic E-state index is -0.205. The first-order valence-electron chi connectivity index (χ1n) is 10.2. The second-order valence-corrected chi connectivity index (χ2v) is 6.61. The number of rotatable bonds is 17. The van der Waals surface area contributed by atoms with E-state index >= 15 is 0 Å². The van der Waals surface area contributed by atoms with Crippen LogP contribution in [0.4, 0.5) is 0 Å². The van der Waals surface area contributed by atoms with Gasteiger partial charge in [0.15, 0.2) is 0 Å². The van der Waals surface area contributed by atoms with Crippen molar-refractivity contribution in [3.8, 4) is 0 Å². The van der Waals surface area contributed by atoms with Gasteiger partial charge in [0.1, 0.15) is 0 Å².